The zero-order chi connectivity index (χ0) is 16.1. The Morgan fingerprint density at radius 2 is 1.96 bits per heavy atom. The van der Waals surface area contributed by atoms with E-state index in [0.717, 1.165) is 11.1 Å². The van der Waals surface area contributed by atoms with E-state index in [0.29, 0.717) is 12.8 Å². The molecule has 2 amide bonds. The molecule has 3 rings (SSSR count). The second kappa shape index (κ2) is 7.05. The molecule has 0 N–H and O–H groups in total. The molecule has 1 aliphatic rings. The number of pyridine rings is 1. The molecule has 0 radical (unpaired) electrons. The van der Waals surface area contributed by atoms with Crippen LogP contribution in [0.25, 0.3) is 0 Å². The number of ether oxygens (including phenoxy) is 1. The minimum atomic E-state index is -0.540. The number of amides is 2. The molecule has 23 heavy (non-hydrogen) atoms. The Bertz CT molecular complexity index is 673. The Hall–Kier alpha value is -2.69. The standard InChI is InChI=1S/C18H18N2O3/c21-17(9-8-15-7-4-10-19-12-15)20-16(13-23-18(20)22)11-14-5-2-1-3-6-14/h1-7,10,12,16H,8-9,11,13H2/t16-/m0/s1. The third kappa shape index (κ3) is 3.74. The first-order valence-corrected chi connectivity index (χ1v) is 7.65. The molecular formula is C18H18N2O3. The van der Waals surface area contributed by atoms with Crippen LogP contribution in [0.1, 0.15) is 17.5 Å². The molecule has 1 fully saturated rings. The van der Waals surface area contributed by atoms with Gasteiger partial charge in [-0.15, -0.1) is 0 Å². The lowest BCUT2D eigenvalue weighted by molar-refractivity contribution is -0.129. The first-order chi connectivity index (χ1) is 11.2. The van der Waals surface area contributed by atoms with E-state index in [1.165, 1.54) is 4.90 Å². The molecule has 0 aliphatic carbocycles. The molecule has 1 saturated heterocycles. The fourth-order valence-electron chi connectivity index (χ4n) is 2.72. The Labute approximate surface area is 134 Å². The highest BCUT2D eigenvalue weighted by molar-refractivity contribution is 5.93. The van der Waals surface area contributed by atoms with Crippen molar-refractivity contribution >= 4 is 12.0 Å². The largest absolute Gasteiger partial charge is 0.447 e. The number of cyclic esters (lactones) is 1. The van der Waals surface area contributed by atoms with Crippen LogP contribution in [0, 0.1) is 0 Å². The Morgan fingerprint density at radius 3 is 2.70 bits per heavy atom. The SMILES string of the molecule is O=C(CCc1cccnc1)N1C(=O)OC[C@@H]1Cc1ccccc1. The third-order valence-corrected chi connectivity index (χ3v) is 3.89. The van der Waals surface area contributed by atoms with Gasteiger partial charge in [0.1, 0.15) is 6.61 Å². The topological polar surface area (TPSA) is 59.5 Å². The van der Waals surface area contributed by atoms with Gasteiger partial charge in [0, 0.05) is 18.8 Å². The Kier molecular flexibility index (Phi) is 4.66. The van der Waals surface area contributed by atoms with Gasteiger partial charge in [0.05, 0.1) is 6.04 Å². The van der Waals surface area contributed by atoms with Crippen molar-refractivity contribution in [2.24, 2.45) is 0 Å². The highest BCUT2D eigenvalue weighted by atomic mass is 16.6. The van der Waals surface area contributed by atoms with Crippen molar-refractivity contribution in [3.05, 3.63) is 66.0 Å². The van der Waals surface area contributed by atoms with E-state index in [1.807, 2.05) is 42.5 Å². The van der Waals surface area contributed by atoms with Crippen molar-refractivity contribution in [2.45, 2.75) is 25.3 Å². The van der Waals surface area contributed by atoms with Gasteiger partial charge < -0.3 is 4.74 Å². The van der Waals surface area contributed by atoms with E-state index in [4.69, 9.17) is 4.74 Å². The average molecular weight is 310 g/mol. The van der Waals surface area contributed by atoms with Gasteiger partial charge in [-0.05, 0) is 30.0 Å². The monoisotopic (exact) mass is 310 g/mol. The van der Waals surface area contributed by atoms with Gasteiger partial charge in [0.15, 0.2) is 0 Å². The van der Waals surface area contributed by atoms with Crippen LogP contribution >= 0.6 is 0 Å². The summed E-state index contributed by atoms with van der Waals surface area (Å²) in [4.78, 5) is 29.6. The summed E-state index contributed by atoms with van der Waals surface area (Å²) in [6, 6.07) is 13.3. The summed E-state index contributed by atoms with van der Waals surface area (Å²) in [5.74, 6) is -0.197. The average Bonchev–Trinajstić information content (AvgIpc) is 2.95. The van der Waals surface area contributed by atoms with Gasteiger partial charge in [-0.3, -0.25) is 9.78 Å². The molecule has 118 valence electrons. The molecule has 2 aromatic rings. The zero-order valence-electron chi connectivity index (χ0n) is 12.7. The summed E-state index contributed by atoms with van der Waals surface area (Å²) in [6.45, 7) is 0.256. The van der Waals surface area contributed by atoms with Crippen LogP contribution in [0.5, 0.6) is 0 Å². The summed E-state index contributed by atoms with van der Waals surface area (Å²) >= 11 is 0. The predicted molar refractivity (Wildman–Crippen MR) is 84.7 cm³/mol. The van der Waals surface area contributed by atoms with E-state index in [2.05, 4.69) is 4.98 Å². The highest BCUT2D eigenvalue weighted by Gasteiger charge is 2.37. The molecule has 0 spiro atoms. The van der Waals surface area contributed by atoms with Gasteiger partial charge >= 0.3 is 6.09 Å². The quantitative estimate of drug-likeness (QED) is 0.852. The fourth-order valence-corrected chi connectivity index (χ4v) is 2.72. The van der Waals surface area contributed by atoms with Crippen LogP contribution in [0.3, 0.4) is 0 Å². The molecular weight excluding hydrogens is 292 g/mol. The van der Waals surface area contributed by atoms with Crippen LogP contribution in [-0.4, -0.2) is 34.5 Å². The number of carbonyl (C=O) groups excluding carboxylic acids is 2. The van der Waals surface area contributed by atoms with Crippen molar-refractivity contribution in [3.63, 3.8) is 0 Å². The fraction of sp³-hybridized carbons (Fsp3) is 0.278. The molecule has 1 aromatic heterocycles. The normalized spacial score (nSPS) is 17.1. The van der Waals surface area contributed by atoms with Crippen LogP contribution in [0.2, 0.25) is 0 Å². The third-order valence-electron chi connectivity index (χ3n) is 3.89. The number of aryl methyl sites for hydroxylation is 1. The van der Waals surface area contributed by atoms with Gasteiger partial charge in [-0.2, -0.15) is 0 Å². The maximum Gasteiger partial charge on any atom is 0.416 e. The molecule has 0 unspecified atom stereocenters. The number of benzene rings is 1. The van der Waals surface area contributed by atoms with Crippen LogP contribution < -0.4 is 0 Å². The van der Waals surface area contributed by atoms with Crippen molar-refractivity contribution in [3.8, 4) is 0 Å². The summed E-state index contributed by atoms with van der Waals surface area (Å²) in [5.41, 5.74) is 2.06. The number of hydrogen-bond donors (Lipinski definition) is 0. The van der Waals surface area contributed by atoms with E-state index in [9.17, 15) is 9.59 Å². The van der Waals surface area contributed by atoms with Crippen molar-refractivity contribution in [2.75, 3.05) is 6.61 Å². The molecule has 0 saturated carbocycles. The number of nitrogens with zero attached hydrogens (tertiary/aromatic N) is 2. The van der Waals surface area contributed by atoms with E-state index >= 15 is 0 Å². The van der Waals surface area contributed by atoms with Crippen molar-refractivity contribution in [1.29, 1.82) is 0 Å². The molecule has 1 atom stereocenters. The maximum absolute atomic E-state index is 12.4. The zero-order valence-corrected chi connectivity index (χ0v) is 12.7. The second-order valence-corrected chi connectivity index (χ2v) is 5.55. The number of rotatable bonds is 5. The van der Waals surface area contributed by atoms with Gasteiger partial charge in [-0.1, -0.05) is 36.4 Å². The number of aromatic nitrogens is 1. The lowest BCUT2D eigenvalue weighted by Gasteiger charge is -2.19. The van der Waals surface area contributed by atoms with Crippen molar-refractivity contribution < 1.29 is 14.3 Å². The van der Waals surface area contributed by atoms with E-state index in [-0.39, 0.29) is 25.0 Å². The second-order valence-electron chi connectivity index (χ2n) is 5.55. The van der Waals surface area contributed by atoms with Gasteiger partial charge in [0.25, 0.3) is 0 Å². The van der Waals surface area contributed by atoms with Crippen molar-refractivity contribution in [1.82, 2.24) is 9.88 Å². The minimum absolute atomic E-state index is 0.197. The van der Waals surface area contributed by atoms with Crippen LogP contribution in [0.15, 0.2) is 54.9 Å². The summed E-state index contributed by atoms with van der Waals surface area (Å²) in [6.07, 6.45) is 4.34. The summed E-state index contributed by atoms with van der Waals surface area (Å²) in [7, 11) is 0. The lowest BCUT2D eigenvalue weighted by Crippen LogP contribution is -2.40. The lowest BCUT2D eigenvalue weighted by atomic mass is 10.1. The maximum atomic E-state index is 12.4. The smallest absolute Gasteiger partial charge is 0.416 e. The predicted octanol–water partition coefficient (Wildman–Crippen LogP) is 2.60. The molecule has 1 aromatic carbocycles. The molecule has 2 heterocycles. The molecule has 5 heteroatoms. The highest BCUT2D eigenvalue weighted by Crippen LogP contribution is 2.19. The summed E-state index contributed by atoms with van der Waals surface area (Å²) in [5, 5.41) is 0. The number of hydrogen-bond acceptors (Lipinski definition) is 4. The first kappa shape index (κ1) is 15.2. The number of imide groups is 1. The minimum Gasteiger partial charge on any atom is -0.447 e. The van der Waals surface area contributed by atoms with Crippen LogP contribution in [-0.2, 0) is 22.4 Å². The van der Waals surface area contributed by atoms with Crippen LogP contribution in [0.4, 0.5) is 4.79 Å². The Balaban J connectivity index is 1.63. The molecule has 1 aliphatic heterocycles. The van der Waals surface area contributed by atoms with Gasteiger partial charge in [0.2, 0.25) is 5.91 Å². The number of carbonyl (C=O) groups is 2. The van der Waals surface area contributed by atoms with E-state index < -0.39 is 6.09 Å². The van der Waals surface area contributed by atoms with E-state index in [1.54, 1.807) is 12.4 Å². The summed E-state index contributed by atoms with van der Waals surface area (Å²) < 4.78 is 5.08. The first-order valence-electron chi connectivity index (χ1n) is 7.65. The Morgan fingerprint density at radius 1 is 1.17 bits per heavy atom. The van der Waals surface area contributed by atoms with Gasteiger partial charge in [-0.25, -0.2) is 9.69 Å². The molecule has 0 bridgehead atoms. The molecule has 5 nitrogen and oxygen atoms in total.